The van der Waals surface area contributed by atoms with Gasteiger partial charge in [0.15, 0.2) is 0 Å². The average molecular weight is 458 g/mol. The Balaban J connectivity index is 1.94. The van der Waals surface area contributed by atoms with E-state index in [4.69, 9.17) is 0 Å². The second-order valence-electron chi connectivity index (χ2n) is 7.19. The number of amides is 3. The smallest absolute Gasteiger partial charge is 0.325 e. The molecule has 0 fully saturated rings. The molecule has 0 aliphatic rings. The largest absolute Gasteiger partial charge is 0.468 e. The Morgan fingerprint density at radius 1 is 0.969 bits per heavy atom. The number of rotatable bonds is 10. The summed E-state index contributed by atoms with van der Waals surface area (Å²) >= 11 is 1.30. The summed E-state index contributed by atoms with van der Waals surface area (Å²) < 4.78 is 4.48. The molecule has 0 aromatic heterocycles. The maximum Gasteiger partial charge on any atom is 0.325 e. The zero-order chi connectivity index (χ0) is 23.5. The second-order valence-corrected chi connectivity index (χ2v) is 8.20. The van der Waals surface area contributed by atoms with Crippen molar-refractivity contribution in [2.75, 3.05) is 24.7 Å². The van der Waals surface area contributed by atoms with Crippen LogP contribution in [0.5, 0.6) is 0 Å². The lowest BCUT2D eigenvalue weighted by Gasteiger charge is -2.11. The summed E-state index contributed by atoms with van der Waals surface area (Å²) in [4.78, 5) is 48.3. The quantitative estimate of drug-likeness (QED) is 0.373. The van der Waals surface area contributed by atoms with Gasteiger partial charge >= 0.3 is 5.97 Å². The number of hydrogen-bond donors (Lipinski definition) is 3. The van der Waals surface area contributed by atoms with Gasteiger partial charge in [-0.15, -0.1) is 11.8 Å². The van der Waals surface area contributed by atoms with Crippen LogP contribution >= 0.6 is 11.8 Å². The number of thioether (sulfide) groups is 1. The first-order chi connectivity index (χ1) is 15.3. The van der Waals surface area contributed by atoms with Gasteiger partial charge in [0.25, 0.3) is 5.91 Å². The molecule has 0 spiro atoms. The van der Waals surface area contributed by atoms with Crippen molar-refractivity contribution in [3.8, 4) is 0 Å². The molecule has 9 heteroatoms. The summed E-state index contributed by atoms with van der Waals surface area (Å²) in [7, 11) is 1.25. The van der Waals surface area contributed by atoms with Crippen LogP contribution < -0.4 is 16.0 Å². The molecule has 3 N–H and O–H groups in total. The van der Waals surface area contributed by atoms with Crippen LogP contribution in [-0.4, -0.2) is 49.1 Å². The highest BCUT2D eigenvalue weighted by molar-refractivity contribution is 8.00. The molecule has 2 rings (SSSR count). The molecule has 0 heterocycles. The fraction of sp³-hybridized carbons (Fsp3) is 0.304. The van der Waals surface area contributed by atoms with Gasteiger partial charge in [-0.2, -0.15) is 0 Å². The van der Waals surface area contributed by atoms with E-state index < -0.39 is 5.97 Å². The Hall–Kier alpha value is -3.33. The van der Waals surface area contributed by atoms with Gasteiger partial charge in [-0.3, -0.25) is 19.2 Å². The van der Waals surface area contributed by atoms with Crippen LogP contribution in [0.15, 0.2) is 53.4 Å². The molecule has 0 radical (unpaired) electrons. The van der Waals surface area contributed by atoms with E-state index >= 15 is 0 Å². The predicted octanol–water partition coefficient (Wildman–Crippen LogP) is 2.39. The third kappa shape index (κ3) is 8.43. The molecular formula is C23H27N3O5S. The van der Waals surface area contributed by atoms with Crippen molar-refractivity contribution in [1.82, 2.24) is 10.6 Å². The van der Waals surface area contributed by atoms with Gasteiger partial charge < -0.3 is 20.7 Å². The van der Waals surface area contributed by atoms with Crippen LogP contribution in [0.4, 0.5) is 5.69 Å². The lowest BCUT2D eigenvalue weighted by atomic mass is 10.1. The topological polar surface area (TPSA) is 114 Å². The molecule has 8 nitrogen and oxygen atoms in total. The van der Waals surface area contributed by atoms with E-state index in [0.717, 1.165) is 5.56 Å². The summed E-state index contributed by atoms with van der Waals surface area (Å²) in [5.41, 5.74) is 1.78. The third-order valence-corrected chi connectivity index (χ3v) is 5.25. The van der Waals surface area contributed by atoms with E-state index in [0.29, 0.717) is 16.1 Å². The molecule has 0 saturated heterocycles. The first-order valence-electron chi connectivity index (χ1n) is 10.0. The first kappa shape index (κ1) is 24.9. The molecule has 0 bridgehead atoms. The van der Waals surface area contributed by atoms with E-state index in [2.05, 4.69) is 20.7 Å². The van der Waals surface area contributed by atoms with E-state index in [1.165, 1.54) is 18.9 Å². The molecule has 0 saturated carbocycles. The predicted molar refractivity (Wildman–Crippen MR) is 124 cm³/mol. The zero-order valence-electron chi connectivity index (χ0n) is 18.3. The van der Waals surface area contributed by atoms with Crippen molar-refractivity contribution in [3.05, 3.63) is 59.7 Å². The van der Waals surface area contributed by atoms with Gasteiger partial charge in [-0.1, -0.05) is 24.3 Å². The summed E-state index contributed by atoms with van der Waals surface area (Å²) in [5, 5.41) is 8.13. The number of nitrogens with one attached hydrogen (secondary N) is 3. The van der Waals surface area contributed by atoms with E-state index in [1.807, 2.05) is 19.9 Å². The maximum absolute atomic E-state index is 12.8. The number of anilines is 1. The molecule has 32 heavy (non-hydrogen) atoms. The van der Waals surface area contributed by atoms with Crippen LogP contribution in [0.1, 0.15) is 29.8 Å². The summed E-state index contributed by atoms with van der Waals surface area (Å²) in [5.74, 6) is -0.989. The Kier molecular flexibility index (Phi) is 9.75. The average Bonchev–Trinajstić information content (AvgIpc) is 2.77. The van der Waals surface area contributed by atoms with Crippen LogP contribution in [0, 0.1) is 0 Å². The highest BCUT2D eigenvalue weighted by Gasteiger charge is 2.14. The number of carbonyl (C=O) groups is 4. The van der Waals surface area contributed by atoms with E-state index in [-0.39, 0.29) is 42.5 Å². The van der Waals surface area contributed by atoms with Gasteiger partial charge in [0.05, 0.1) is 24.8 Å². The van der Waals surface area contributed by atoms with Crippen LogP contribution in [0.25, 0.3) is 0 Å². The minimum Gasteiger partial charge on any atom is -0.468 e. The fourth-order valence-corrected chi connectivity index (χ4v) is 3.54. The molecule has 0 atom stereocenters. The van der Waals surface area contributed by atoms with E-state index in [9.17, 15) is 19.2 Å². The normalized spacial score (nSPS) is 10.4. The zero-order valence-corrected chi connectivity index (χ0v) is 19.1. The molecule has 2 aromatic carbocycles. The Morgan fingerprint density at radius 3 is 2.31 bits per heavy atom. The highest BCUT2D eigenvalue weighted by Crippen LogP contribution is 2.23. The van der Waals surface area contributed by atoms with E-state index in [1.54, 1.807) is 42.5 Å². The Bertz CT molecular complexity index is 960. The van der Waals surface area contributed by atoms with Crippen molar-refractivity contribution in [1.29, 1.82) is 0 Å². The third-order valence-electron chi connectivity index (χ3n) is 4.17. The second kappa shape index (κ2) is 12.5. The minimum absolute atomic E-state index is 0.0588. The molecule has 3 amide bonds. The molecule has 0 aliphatic heterocycles. The number of ether oxygens (including phenoxy) is 1. The Morgan fingerprint density at radius 2 is 1.66 bits per heavy atom. The molecule has 0 unspecified atom stereocenters. The summed E-state index contributed by atoms with van der Waals surface area (Å²) in [6, 6.07) is 14.0. The number of esters is 1. The van der Waals surface area contributed by atoms with Crippen molar-refractivity contribution >= 4 is 41.1 Å². The van der Waals surface area contributed by atoms with Gasteiger partial charge in [0, 0.05) is 16.6 Å². The number of hydrogen-bond acceptors (Lipinski definition) is 6. The number of carbonyl (C=O) groups excluding carboxylic acids is 4. The maximum atomic E-state index is 12.8. The molecule has 170 valence electrons. The van der Waals surface area contributed by atoms with Crippen molar-refractivity contribution in [3.63, 3.8) is 0 Å². The van der Waals surface area contributed by atoms with Gasteiger partial charge in [0.1, 0.15) is 6.54 Å². The highest BCUT2D eigenvalue weighted by atomic mass is 32.2. The molecular weight excluding hydrogens is 430 g/mol. The first-order valence-corrected chi connectivity index (χ1v) is 11.0. The molecule has 2 aromatic rings. The van der Waals surface area contributed by atoms with Crippen LogP contribution in [0.2, 0.25) is 0 Å². The van der Waals surface area contributed by atoms with Crippen LogP contribution in [-0.2, 0) is 25.5 Å². The lowest BCUT2D eigenvalue weighted by molar-refractivity contribution is -0.141. The molecule has 0 aliphatic carbocycles. The van der Waals surface area contributed by atoms with Gasteiger partial charge in [0.2, 0.25) is 11.8 Å². The minimum atomic E-state index is -0.518. The van der Waals surface area contributed by atoms with Gasteiger partial charge in [-0.05, 0) is 43.7 Å². The standard InChI is InChI=1S/C23H27N3O5S/c1-15(2)25-21(28)14-32-19-7-5-4-6-18(19)23(30)26-17-10-8-16(9-11-17)12-20(27)24-13-22(29)31-3/h4-11,15H,12-14H2,1-3H3,(H,24,27)(H,25,28)(H,26,30). The van der Waals surface area contributed by atoms with Gasteiger partial charge in [-0.25, -0.2) is 0 Å². The van der Waals surface area contributed by atoms with Crippen LogP contribution in [0.3, 0.4) is 0 Å². The summed E-state index contributed by atoms with van der Waals surface area (Å²) in [6.45, 7) is 3.61. The van der Waals surface area contributed by atoms with Crippen molar-refractivity contribution < 1.29 is 23.9 Å². The number of methoxy groups -OCH3 is 1. The number of benzene rings is 2. The SMILES string of the molecule is COC(=O)CNC(=O)Cc1ccc(NC(=O)c2ccccc2SCC(=O)NC(C)C)cc1. The van der Waals surface area contributed by atoms with Crippen molar-refractivity contribution in [2.45, 2.75) is 31.2 Å². The van der Waals surface area contributed by atoms with Crippen molar-refractivity contribution in [2.24, 2.45) is 0 Å². The fourth-order valence-electron chi connectivity index (χ4n) is 2.68. The monoisotopic (exact) mass is 457 g/mol. The summed E-state index contributed by atoms with van der Waals surface area (Å²) in [6.07, 6.45) is 0.100. The Labute approximate surface area is 191 Å². The lowest BCUT2D eigenvalue weighted by Crippen LogP contribution is -2.31.